The molecule has 0 saturated heterocycles. The van der Waals surface area contributed by atoms with Gasteiger partial charge >= 0.3 is 0 Å². The van der Waals surface area contributed by atoms with E-state index in [9.17, 15) is 13.2 Å². The van der Waals surface area contributed by atoms with Crippen molar-refractivity contribution in [2.75, 3.05) is 14.1 Å². The molecule has 2 aromatic rings. The molecule has 0 aliphatic heterocycles. The number of nitrogens with zero attached hydrogens (tertiary/aromatic N) is 3. The Balaban J connectivity index is 1.76. The highest BCUT2D eigenvalue weighted by Gasteiger charge is 2.20. The number of aryl methyl sites for hydroxylation is 2. The van der Waals surface area contributed by atoms with Crippen LogP contribution in [-0.4, -0.2) is 48.3 Å². The normalized spacial score (nSPS) is 16.2. The highest BCUT2D eigenvalue weighted by molar-refractivity contribution is 7.89. The molecule has 1 saturated carbocycles. The number of hydrogen-bond donors (Lipinski definition) is 1. The first kappa shape index (κ1) is 24.7. The average molecular weight is 463 g/mol. The van der Waals surface area contributed by atoms with Gasteiger partial charge in [0.05, 0.1) is 15.9 Å². The summed E-state index contributed by atoms with van der Waals surface area (Å²) in [7, 11) is -0.462. The lowest BCUT2D eigenvalue weighted by Gasteiger charge is -2.21. The minimum Gasteiger partial charge on any atom is -0.353 e. The fourth-order valence-electron chi connectivity index (χ4n) is 4.41. The maximum Gasteiger partial charge on any atom is 0.242 e. The fourth-order valence-corrected chi connectivity index (χ4v) is 5.34. The van der Waals surface area contributed by atoms with Gasteiger partial charge in [0.1, 0.15) is 5.82 Å². The summed E-state index contributed by atoms with van der Waals surface area (Å²) in [6, 6.07) is 5.42. The first-order valence-electron chi connectivity index (χ1n) is 12.0. The van der Waals surface area contributed by atoms with Gasteiger partial charge in [-0.1, -0.05) is 45.4 Å². The van der Waals surface area contributed by atoms with Crippen LogP contribution in [0, 0.1) is 0 Å². The Morgan fingerprint density at radius 1 is 1.16 bits per heavy atom. The van der Waals surface area contributed by atoms with Crippen molar-refractivity contribution >= 4 is 27.0 Å². The molecule has 178 valence electrons. The van der Waals surface area contributed by atoms with E-state index in [1.165, 1.54) is 50.5 Å². The van der Waals surface area contributed by atoms with Gasteiger partial charge in [0.15, 0.2) is 0 Å². The Kier molecular flexibility index (Phi) is 8.71. The highest BCUT2D eigenvalue weighted by Crippen LogP contribution is 2.23. The molecule has 0 radical (unpaired) electrons. The first-order valence-corrected chi connectivity index (χ1v) is 13.5. The van der Waals surface area contributed by atoms with Gasteiger partial charge in [-0.15, -0.1) is 0 Å². The van der Waals surface area contributed by atoms with Gasteiger partial charge in [-0.05, 0) is 37.5 Å². The molecular weight excluding hydrogens is 424 g/mol. The van der Waals surface area contributed by atoms with Crippen molar-refractivity contribution in [3.8, 4) is 0 Å². The van der Waals surface area contributed by atoms with Crippen LogP contribution in [0.5, 0.6) is 0 Å². The van der Waals surface area contributed by atoms with Crippen molar-refractivity contribution in [3.63, 3.8) is 0 Å². The number of imidazole rings is 1. The van der Waals surface area contributed by atoms with Crippen molar-refractivity contribution in [2.24, 2.45) is 0 Å². The van der Waals surface area contributed by atoms with Crippen molar-refractivity contribution in [1.29, 1.82) is 0 Å². The summed E-state index contributed by atoms with van der Waals surface area (Å²) in [5, 5.41) is 3.23. The van der Waals surface area contributed by atoms with Crippen LogP contribution in [0.3, 0.4) is 0 Å². The highest BCUT2D eigenvalue weighted by atomic mass is 32.2. The smallest absolute Gasteiger partial charge is 0.242 e. The number of unbranched alkanes of at least 4 members (excludes halogenated alkanes) is 1. The third kappa shape index (κ3) is 6.10. The molecule has 32 heavy (non-hydrogen) atoms. The van der Waals surface area contributed by atoms with Crippen LogP contribution in [0.25, 0.3) is 11.0 Å². The molecule has 1 heterocycles. The molecule has 0 spiro atoms. The van der Waals surface area contributed by atoms with Crippen LogP contribution in [0.15, 0.2) is 23.1 Å². The monoisotopic (exact) mass is 462 g/mol. The van der Waals surface area contributed by atoms with E-state index in [2.05, 4.69) is 16.8 Å². The zero-order valence-corrected chi connectivity index (χ0v) is 20.6. The van der Waals surface area contributed by atoms with E-state index >= 15 is 0 Å². The lowest BCUT2D eigenvalue weighted by atomic mass is 9.96. The van der Waals surface area contributed by atoms with Crippen LogP contribution in [0.4, 0.5) is 0 Å². The van der Waals surface area contributed by atoms with Crippen LogP contribution in [0.1, 0.15) is 77.0 Å². The number of nitrogens with one attached hydrogen (secondary N) is 1. The van der Waals surface area contributed by atoms with Gasteiger partial charge < -0.3 is 9.88 Å². The SMILES string of the molecule is CCCCn1c(CCC(=O)NC2CCCCCCC2)nc2cc(S(=O)(=O)N(C)C)ccc21. The Morgan fingerprint density at radius 2 is 1.84 bits per heavy atom. The minimum absolute atomic E-state index is 0.0838. The maximum absolute atomic E-state index is 12.7. The van der Waals surface area contributed by atoms with Crippen molar-refractivity contribution in [2.45, 2.75) is 95.0 Å². The Labute approximate surface area is 192 Å². The zero-order chi connectivity index (χ0) is 23.1. The molecule has 1 amide bonds. The number of aromatic nitrogens is 2. The Bertz CT molecular complexity index is 1010. The van der Waals surface area contributed by atoms with Crippen LogP contribution >= 0.6 is 0 Å². The third-order valence-electron chi connectivity index (χ3n) is 6.36. The van der Waals surface area contributed by atoms with Gasteiger partial charge in [-0.25, -0.2) is 17.7 Å². The number of rotatable bonds is 9. The predicted octanol–water partition coefficient (Wildman–Crippen LogP) is 4.25. The van der Waals surface area contributed by atoms with E-state index in [4.69, 9.17) is 4.98 Å². The summed E-state index contributed by atoms with van der Waals surface area (Å²) in [5.74, 6) is 0.932. The lowest BCUT2D eigenvalue weighted by molar-refractivity contribution is -0.121. The zero-order valence-electron chi connectivity index (χ0n) is 19.8. The number of benzene rings is 1. The quantitative estimate of drug-likeness (QED) is 0.604. The van der Waals surface area contributed by atoms with E-state index in [-0.39, 0.29) is 10.8 Å². The van der Waals surface area contributed by atoms with Gasteiger partial charge in [0.2, 0.25) is 15.9 Å². The topological polar surface area (TPSA) is 84.3 Å². The number of fused-ring (bicyclic) bond motifs is 1. The number of carbonyl (C=O) groups is 1. The number of amides is 1. The number of carbonyl (C=O) groups excluding carboxylic acids is 1. The molecule has 0 atom stereocenters. The molecular formula is C24H38N4O3S. The van der Waals surface area contributed by atoms with Gasteiger partial charge in [0.25, 0.3) is 0 Å². The Morgan fingerprint density at radius 3 is 2.50 bits per heavy atom. The van der Waals surface area contributed by atoms with Crippen LogP contribution in [0.2, 0.25) is 0 Å². The molecule has 7 nitrogen and oxygen atoms in total. The molecule has 3 rings (SSSR count). The van der Waals surface area contributed by atoms with Crippen molar-refractivity contribution in [1.82, 2.24) is 19.2 Å². The van der Waals surface area contributed by atoms with Gasteiger partial charge in [-0.2, -0.15) is 0 Å². The molecule has 1 fully saturated rings. The molecule has 1 aliphatic carbocycles. The first-order chi connectivity index (χ1) is 15.3. The molecule has 1 aliphatic rings. The molecule has 1 N–H and O–H groups in total. The van der Waals surface area contributed by atoms with E-state index in [1.807, 2.05) is 6.07 Å². The number of sulfonamides is 1. The largest absolute Gasteiger partial charge is 0.353 e. The van der Waals surface area contributed by atoms with Gasteiger partial charge in [-0.3, -0.25) is 4.79 Å². The molecule has 1 aromatic heterocycles. The maximum atomic E-state index is 12.7. The summed E-state index contributed by atoms with van der Waals surface area (Å²) in [5.41, 5.74) is 1.59. The second-order valence-electron chi connectivity index (χ2n) is 9.08. The molecule has 1 aromatic carbocycles. The standard InChI is InChI=1S/C24H38N4O3S/c1-4-5-17-28-22-14-13-20(32(30,31)27(2)3)18-21(22)26-23(28)15-16-24(29)25-19-11-9-7-6-8-10-12-19/h13-14,18-19H,4-12,15-17H2,1-3H3,(H,25,29). The lowest BCUT2D eigenvalue weighted by Crippen LogP contribution is -2.35. The number of hydrogen-bond acceptors (Lipinski definition) is 4. The molecule has 0 unspecified atom stereocenters. The predicted molar refractivity (Wildman–Crippen MR) is 128 cm³/mol. The summed E-state index contributed by atoms with van der Waals surface area (Å²) >= 11 is 0. The summed E-state index contributed by atoms with van der Waals surface area (Å²) in [4.78, 5) is 17.6. The summed E-state index contributed by atoms with van der Waals surface area (Å²) < 4.78 is 28.4. The molecule has 0 bridgehead atoms. The van der Waals surface area contributed by atoms with Crippen molar-refractivity contribution < 1.29 is 13.2 Å². The van der Waals surface area contributed by atoms with E-state index in [0.717, 1.165) is 43.6 Å². The Hall–Kier alpha value is -1.93. The van der Waals surface area contributed by atoms with Gasteiger partial charge in [0, 0.05) is 39.5 Å². The summed E-state index contributed by atoms with van der Waals surface area (Å²) in [6.45, 7) is 2.95. The van der Waals surface area contributed by atoms with E-state index in [0.29, 0.717) is 24.4 Å². The average Bonchev–Trinajstić information content (AvgIpc) is 3.09. The summed E-state index contributed by atoms with van der Waals surface area (Å²) in [6.07, 6.45) is 11.4. The van der Waals surface area contributed by atoms with E-state index < -0.39 is 10.0 Å². The van der Waals surface area contributed by atoms with E-state index in [1.54, 1.807) is 12.1 Å². The van der Waals surface area contributed by atoms with Crippen LogP contribution in [-0.2, 0) is 27.8 Å². The second kappa shape index (κ2) is 11.3. The third-order valence-corrected chi connectivity index (χ3v) is 8.17. The van der Waals surface area contributed by atoms with Crippen LogP contribution < -0.4 is 5.32 Å². The molecule has 8 heteroatoms. The fraction of sp³-hybridized carbons (Fsp3) is 0.667. The van der Waals surface area contributed by atoms with Crippen molar-refractivity contribution in [3.05, 3.63) is 24.0 Å². The second-order valence-corrected chi connectivity index (χ2v) is 11.2. The minimum atomic E-state index is -3.52.